The molecule has 3 aromatic rings. The number of phenols is 1. The fourth-order valence-electron chi connectivity index (χ4n) is 2.66. The smallest absolute Gasteiger partial charge is 0.218 e. The number of primary amides is 1. The molecule has 1 aromatic carbocycles. The van der Waals surface area contributed by atoms with Crippen molar-refractivity contribution < 1.29 is 9.90 Å². The molecule has 0 bridgehead atoms. The molecule has 6 heteroatoms. The van der Waals surface area contributed by atoms with E-state index in [1.54, 1.807) is 42.9 Å². The first-order valence-electron chi connectivity index (χ1n) is 7.02. The van der Waals surface area contributed by atoms with Gasteiger partial charge in [0.05, 0.1) is 5.02 Å². The van der Waals surface area contributed by atoms with Crippen molar-refractivity contribution in [3.63, 3.8) is 0 Å². The fourth-order valence-corrected chi connectivity index (χ4v) is 2.93. The van der Waals surface area contributed by atoms with Crippen LogP contribution in [0.4, 0.5) is 0 Å². The van der Waals surface area contributed by atoms with E-state index < -0.39 is 11.8 Å². The van der Waals surface area contributed by atoms with Gasteiger partial charge in [-0.15, -0.1) is 0 Å². The summed E-state index contributed by atoms with van der Waals surface area (Å²) in [4.78, 5) is 19.7. The van der Waals surface area contributed by atoms with Gasteiger partial charge >= 0.3 is 0 Å². The summed E-state index contributed by atoms with van der Waals surface area (Å²) in [5.74, 6) is -0.916. The molecule has 3 N–H and O–H groups in total. The molecule has 0 saturated heterocycles. The van der Waals surface area contributed by atoms with Gasteiger partial charge in [-0.05, 0) is 29.8 Å². The molecule has 2 aromatic heterocycles. The van der Waals surface area contributed by atoms with Gasteiger partial charge in [0, 0.05) is 41.9 Å². The number of phenolic OH excluding ortho intramolecular Hbond substituents is 1. The molecule has 1 atom stereocenters. The minimum Gasteiger partial charge on any atom is -0.505 e. The number of aromatic nitrogens is 2. The molecular weight excluding hydrogens is 314 g/mol. The van der Waals surface area contributed by atoms with E-state index in [4.69, 9.17) is 17.3 Å². The van der Waals surface area contributed by atoms with Crippen molar-refractivity contribution in [2.24, 2.45) is 5.73 Å². The molecule has 3 rings (SSSR count). The number of carbonyl (C=O) groups is 1. The van der Waals surface area contributed by atoms with E-state index in [9.17, 15) is 9.90 Å². The number of nitrogens with two attached hydrogens (primary N) is 1. The molecule has 0 radical (unpaired) electrons. The van der Waals surface area contributed by atoms with Crippen LogP contribution < -0.4 is 5.73 Å². The Morgan fingerprint density at radius 1 is 1.30 bits per heavy atom. The van der Waals surface area contributed by atoms with Crippen LogP contribution in [0.3, 0.4) is 0 Å². The van der Waals surface area contributed by atoms with E-state index >= 15 is 0 Å². The molecule has 0 aliphatic rings. The van der Waals surface area contributed by atoms with Gasteiger partial charge < -0.3 is 10.8 Å². The quantitative estimate of drug-likeness (QED) is 0.771. The summed E-state index contributed by atoms with van der Waals surface area (Å²) in [7, 11) is 0. The summed E-state index contributed by atoms with van der Waals surface area (Å²) in [5.41, 5.74) is 7.05. The van der Waals surface area contributed by atoms with Gasteiger partial charge in [-0.1, -0.05) is 17.7 Å². The molecule has 0 fully saturated rings. The third-order valence-electron chi connectivity index (χ3n) is 3.71. The van der Waals surface area contributed by atoms with Crippen molar-refractivity contribution >= 4 is 28.4 Å². The van der Waals surface area contributed by atoms with Crippen molar-refractivity contribution in [3.05, 3.63) is 65.1 Å². The van der Waals surface area contributed by atoms with Crippen LogP contribution in [-0.2, 0) is 4.79 Å². The molecule has 1 amide bonds. The normalized spacial score (nSPS) is 12.2. The Hall–Kier alpha value is -2.66. The van der Waals surface area contributed by atoms with Crippen LogP contribution in [0.15, 0.2) is 48.9 Å². The zero-order valence-electron chi connectivity index (χ0n) is 12.1. The van der Waals surface area contributed by atoms with E-state index in [0.29, 0.717) is 21.5 Å². The number of amides is 1. The maximum absolute atomic E-state index is 11.5. The molecular formula is C17H14ClN3O2. The summed E-state index contributed by atoms with van der Waals surface area (Å²) in [6.45, 7) is 0. The lowest BCUT2D eigenvalue weighted by molar-refractivity contribution is -0.118. The van der Waals surface area contributed by atoms with Crippen LogP contribution >= 0.6 is 11.6 Å². The zero-order valence-corrected chi connectivity index (χ0v) is 12.9. The predicted molar refractivity (Wildman–Crippen MR) is 88.3 cm³/mol. The summed E-state index contributed by atoms with van der Waals surface area (Å²) in [5, 5.41) is 11.7. The number of benzene rings is 1. The molecule has 23 heavy (non-hydrogen) atoms. The lowest BCUT2D eigenvalue weighted by Gasteiger charge is -2.19. The highest BCUT2D eigenvalue weighted by molar-refractivity contribution is 6.35. The molecule has 116 valence electrons. The third kappa shape index (κ3) is 2.96. The maximum atomic E-state index is 11.5. The van der Waals surface area contributed by atoms with Crippen molar-refractivity contribution in [2.75, 3.05) is 0 Å². The molecule has 0 aliphatic heterocycles. The van der Waals surface area contributed by atoms with Gasteiger partial charge in [-0.25, -0.2) is 0 Å². The number of carbonyl (C=O) groups excluding carboxylic acids is 1. The number of rotatable bonds is 4. The molecule has 1 unspecified atom stereocenters. The number of fused-ring (bicyclic) bond motifs is 1. The molecule has 2 heterocycles. The first-order valence-corrected chi connectivity index (χ1v) is 7.40. The van der Waals surface area contributed by atoms with Crippen LogP contribution in [0.25, 0.3) is 10.9 Å². The molecule has 0 aliphatic carbocycles. The second-order valence-electron chi connectivity index (χ2n) is 5.21. The van der Waals surface area contributed by atoms with E-state index in [-0.39, 0.29) is 12.2 Å². The van der Waals surface area contributed by atoms with Gasteiger partial charge in [0.1, 0.15) is 11.3 Å². The topological polar surface area (TPSA) is 89.1 Å². The van der Waals surface area contributed by atoms with Crippen LogP contribution in [0.2, 0.25) is 5.02 Å². The minimum absolute atomic E-state index is 0.0000954. The highest BCUT2D eigenvalue weighted by atomic mass is 35.5. The zero-order chi connectivity index (χ0) is 16.4. The van der Waals surface area contributed by atoms with Crippen molar-refractivity contribution in [3.8, 4) is 5.75 Å². The number of hydrogen-bond donors (Lipinski definition) is 2. The van der Waals surface area contributed by atoms with Gasteiger partial charge in [0.25, 0.3) is 0 Å². The van der Waals surface area contributed by atoms with E-state index in [1.165, 1.54) is 0 Å². The molecule has 0 spiro atoms. The monoisotopic (exact) mass is 327 g/mol. The number of nitrogens with zero attached hydrogens (tertiary/aromatic N) is 2. The Balaban J connectivity index is 2.22. The average Bonchev–Trinajstić information content (AvgIpc) is 2.57. The second-order valence-corrected chi connectivity index (χ2v) is 5.61. The van der Waals surface area contributed by atoms with Crippen LogP contribution in [-0.4, -0.2) is 21.0 Å². The van der Waals surface area contributed by atoms with E-state index in [0.717, 1.165) is 5.56 Å². The van der Waals surface area contributed by atoms with Crippen molar-refractivity contribution in [1.29, 1.82) is 0 Å². The highest BCUT2D eigenvalue weighted by Gasteiger charge is 2.23. The summed E-state index contributed by atoms with van der Waals surface area (Å²) < 4.78 is 0. The third-order valence-corrected chi connectivity index (χ3v) is 4.03. The Morgan fingerprint density at radius 3 is 2.78 bits per heavy atom. The molecule has 0 saturated carbocycles. The summed E-state index contributed by atoms with van der Waals surface area (Å²) >= 11 is 6.32. The predicted octanol–water partition coefficient (Wildman–Crippen LogP) is 3.00. The van der Waals surface area contributed by atoms with Crippen LogP contribution in [0, 0.1) is 0 Å². The Labute approximate surface area is 137 Å². The van der Waals surface area contributed by atoms with Crippen LogP contribution in [0.1, 0.15) is 23.5 Å². The van der Waals surface area contributed by atoms with Gasteiger partial charge in [-0.3, -0.25) is 14.8 Å². The van der Waals surface area contributed by atoms with Crippen molar-refractivity contribution in [2.45, 2.75) is 12.3 Å². The second kappa shape index (κ2) is 6.22. The van der Waals surface area contributed by atoms with Crippen molar-refractivity contribution in [1.82, 2.24) is 9.97 Å². The Bertz CT molecular complexity index is 868. The van der Waals surface area contributed by atoms with Gasteiger partial charge in [-0.2, -0.15) is 0 Å². The fraction of sp³-hybridized carbons (Fsp3) is 0.118. The summed E-state index contributed by atoms with van der Waals surface area (Å²) in [6.07, 6.45) is 4.90. The average molecular weight is 328 g/mol. The maximum Gasteiger partial charge on any atom is 0.218 e. The summed E-state index contributed by atoms with van der Waals surface area (Å²) in [6, 6.07) is 8.77. The Kier molecular flexibility index (Phi) is 4.12. The number of pyridine rings is 2. The number of aromatic hydroxyl groups is 1. The lowest BCUT2D eigenvalue weighted by Crippen LogP contribution is -2.16. The highest BCUT2D eigenvalue weighted by Crippen LogP contribution is 2.40. The first kappa shape index (κ1) is 15.2. The lowest BCUT2D eigenvalue weighted by atomic mass is 9.88. The first-order chi connectivity index (χ1) is 11.1. The van der Waals surface area contributed by atoms with Gasteiger partial charge in [0.2, 0.25) is 5.91 Å². The minimum atomic E-state index is -0.476. The SMILES string of the molecule is NC(=O)CC(c1cccnc1)c1cc(Cl)c2cccnc2c1O. The Morgan fingerprint density at radius 2 is 2.09 bits per heavy atom. The van der Waals surface area contributed by atoms with E-state index in [1.807, 2.05) is 6.07 Å². The van der Waals surface area contributed by atoms with Crippen LogP contribution in [0.5, 0.6) is 5.75 Å². The largest absolute Gasteiger partial charge is 0.505 e. The molecule has 5 nitrogen and oxygen atoms in total. The van der Waals surface area contributed by atoms with Gasteiger partial charge in [0.15, 0.2) is 0 Å². The standard InChI is InChI=1S/C17H14ClN3O2/c18-14-7-13(17(23)16-11(14)4-2-6-21-16)12(8-15(19)22)10-3-1-5-20-9-10/h1-7,9,12,23H,8H2,(H2,19,22). The number of hydrogen-bond acceptors (Lipinski definition) is 4. The number of halogens is 1. The van der Waals surface area contributed by atoms with E-state index in [2.05, 4.69) is 9.97 Å².